The number of rotatable bonds is 8. The van der Waals surface area contributed by atoms with Crippen LogP contribution in [0.4, 0.5) is 0 Å². The number of amides is 2. The van der Waals surface area contributed by atoms with Crippen molar-refractivity contribution in [1.82, 2.24) is 10.2 Å². The molecule has 0 bridgehead atoms. The molecule has 1 aliphatic rings. The van der Waals surface area contributed by atoms with Gasteiger partial charge in [0.05, 0.1) is 0 Å². The summed E-state index contributed by atoms with van der Waals surface area (Å²) in [6, 6.07) is 17.4. The Labute approximate surface area is 184 Å². The molecule has 0 aromatic heterocycles. The van der Waals surface area contributed by atoms with Gasteiger partial charge in [0.15, 0.2) is 0 Å². The van der Waals surface area contributed by atoms with Crippen molar-refractivity contribution in [3.63, 3.8) is 0 Å². The van der Waals surface area contributed by atoms with Gasteiger partial charge in [0.2, 0.25) is 11.8 Å². The van der Waals surface area contributed by atoms with Gasteiger partial charge in [-0.3, -0.25) is 9.59 Å². The predicted octanol–water partition coefficient (Wildman–Crippen LogP) is 4.80. The Bertz CT molecular complexity index is 817. The van der Waals surface area contributed by atoms with Gasteiger partial charge < -0.3 is 10.2 Å². The minimum atomic E-state index is -0.678. The standard InChI is InChI=1S/C25H31ClN2O2/c1-19-12-14-21(15-13-19)24(25(30)27-22-10-6-3-7-11-22)28(23(29)18-26)17-16-20-8-4-2-5-9-20/h2,4-5,8-9,12-15,22,24H,3,6-7,10-11,16-18H2,1H3,(H,27,30)/t24-/m0/s1. The van der Waals surface area contributed by atoms with Crippen LogP contribution in [-0.4, -0.2) is 35.2 Å². The van der Waals surface area contributed by atoms with Gasteiger partial charge >= 0.3 is 0 Å². The van der Waals surface area contributed by atoms with E-state index >= 15 is 0 Å². The third-order valence-corrected chi connectivity index (χ3v) is 6.05. The number of carbonyl (C=O) groups is 2. The zero-order valence-electron chi connectivity index (χ0n) is 17.6. The maximum atomic E-state index is 13.4. The molecule has 1 saturated carbocycles. The molecule has 4 nitrogen and oxygen atoms in total. The molecule has 30 heavy (non-hydrogen) atoms. The topological polar surface area (TPSA) is 49.4 Å². The Hall–Kier alpha value is -2.33. The number of carbonyl (C=O) groups excluding carboxylic acids is 2. The van der Waals surface area contributed by atoms with Gasteiger partial charge in [-0.1, -0.05) is 79.4 Å². The second kappa shape index (κ2) is 11.2. The van der Waals surface area contributed by atoms with Crippen LogP contribution in [0.15, 0.2) is 54.6 Å². The average molecular weight is 427 g/mol. The first-order valence-corrected chi connectivity index (χ1v) is 11.4. The van der Waals surface area contributed by atoms with Crippen LogP contribution < -0.4 is 5.32 Å². The molecular weight excluding hydrogens is 396 g/mol. The molecule has 2 amide bonds. The monoisotopic (exact) mass is 426 g/mol. The van der Waals surface area contributed by atoms with E-state index in [1.54, 1.807) is 4.90 Å². The summed E-state index contributed by atoms with van der Waals surface area (Å²) in [6.45, 7) is 2.45. The molecule has 160 valence electrons. The Morgan fingerprint density at radius 1 is 1.03 bits per heavy atom. The van der Waals surface area contributed by atoms with E-state index < -0.39 is 6.04 Å². The molecule has 2 aromatic carbocycles. The first kappa shape index (κ1) is 22.4. The fourth-order valence-corrected chi connectivity index (χ4v) is 4.27. The number of halogens is 1. The quantitative estimate of drug-likeness (QED) is 0.616. The molecule has 1 aliphatic carbocycles. The summed E-state index contributed by atoms with van der Waals surface area (Å²) in [6.07, 6.45) is 6.17. The Kier molecular flexibility index (Phi) is 8.32. The number of nitrogens with one attached hydrogen (secondary N) is 1. The van der Waals surface area contributed by atoms with E-state index in [0.29, 0.717) is 13.0 Å². The maximum absolute atomic E-state index is 13.4. The highest BCUT2D eigenvalue weighted by molar-refractivity contribution is 6.27. The Balaban J connectivity index is 1.86. The Morgan fingerprint density at radius 3 is 2.33 bits per heavy atom. The third-order valence-electron chi connectivity index (χ3n) is 5.82. The zero-order valence-corrected chi connectivity index (χ0v) is 18.4. The molecule has 0 unspecified atom stereocenters. The van der Waals surface area contributed by atoms with E-state index in [9.17, 15) is 9.59 Å². The summed E-state index contributed by atoms with van der Waals surface area (Å²) < 4.78 is 0. The molecule has 1 fully saturated rings. The minimum absolute atomic E-state index is 0.114. The molecule has 5 heteroatoms. The summed E-state index contributed by atoms with van der Waals surface area (Å²) in [5.41, 5.74) is 3.06. The molecule has 0 spiro atoms. The normalized spacial score (nSPS) is 15.4. The zero-order chi connectivity index (χ0) is 21.3. The molecule has 0 saturated heterocycles. The van der Waals surface area contributed by atoms with Crippen LogP contribution in [0.2, 0.25) is 0 Å². The maximum Gasteiger partial charge on any atom is 0.247 e. The van der Waals surface area contributed by atoms with Crippen LogP contribution >= 0.6 is 11.6 Å². The molecule has 1 atom stereocenters. The van der Waals surface area contributed by atoms with E-state index in [0.717, 1.165) is 42.4 Å². The average Bonchev–Trinajstić information content (AvgIpc) is 2.78. The van der Waals surface area contributed by atoms with Crippen molar-refractivity contribution in [2.24, 2.45) is 0 Å². The van der Waals surface area contributed by atoms with Gasteiger partial charge in [0.1, 0.15) is 11.9 Å². The number of hydrogen-bond acceptors (Lipinski definition) is 2. The van der Waals surface area contributed by atoms with Gasteiger partial charge in [-0.2, -0.15) is 0 Å². The largest absolute Gasteiger partial charge is 0.351 e. The molecular formula is C25H31ClN2O2. The van der Waals surface area contributed by atoms with Crippen molar-refractivity contribution < 1.29 is 9.59 Å². The molecule has 3 rings (SSSR count). The van der Waals surface area contributed by atoms with Crippen molar-refractivity contribution >= 4 is 23.4 Å². The molecule has 0 radical (unpaired) electrons. The SMILES string of the molecule is Cc1ccc([C@@H](C(=O)NC2CCCCC2)N(CCc2ccccc2)C(=O)CCl)cc1. The van der Waals surface area contributed by atoms with Crippen molar-refractivity contribution in [2.75, 3.05) is 12.4 Å². The summed E-state index contributed by atoms with van der Waals surface area (Å²) in [5, 5.41) is 3.21. The minimum Gasteiger partial charge on any atom is -0.351 e. The van der Waals surface area contributed by atoms with Gasteiger partial charge in [0.25, 0.3) is 0 Å². The molecule has 1 N–H and O–H groups in total. The lowest BCUT2D eigenvalue weighted by Crippen LogP contribution is -2.48. The summed E-state index contributed by atoms with van der Waals surface area (Å²) >= 11 is 5.96. The van der Waals surface area contributed by atoms with Crippen molar-refractivity contribution in [3.8, 4) is 0 Å². The van der Waals surface area contributed by atoms with E-state index in [-0.39, 0.29) is 23.7 Å². The van der Waals surface area contributed by atoms with E-state index in [4.69, 9.17) is 11.6 Å². The van der Waals surface area contributed by atoms with Crippen LogP contribution in [0.3, 0.4) is 0 Å². The second-order valence-electron chi connectivity index (χ2n) is 8.11. The van der Waals surface area contributed by atoms with Crippen LogP contribution in [0.5, 0.6) is 0 Å². The highest BCUT2D eigenvalue weighted by Crippen LogP contribution is 2.25. The lowest BCUT2D eigenvalue weighted by atomic mass is 9.94. The van der Waals surface area contributed by atoms with Gasteiger partial charge in [-0.25, -0.2) is 0 Å². The second-order valence-corrected chi connectivity index (χ2v) is 8.38. The van der Waals surface area contributed by atoms with E-state index in [1.807, 2.05) is 61.5 Å². The molecule has 0 heterocycles. The summed E-state index contributed by atoms with van der Waals surface area (Å²) in [5.74, 6) is -0.484. The van der Waals surface area contributed by atoms with Crippen molar-refractivity contribution in [1.29, 1.82) is 0 Å². The lowest BCUT2D eigenvalue weighted by molar-refractivity contribution is -0.139. The number of aryl methyl sites for hydroxylation is 1. The van der Waals surface area contributed by atoms with E-state index in [2.05, 4.69) is 5.32 Å². The first-order valence-electron chi connectivity index (χ1n) is 10.8. The molecule has 0 aliphatic heterocycles. The smallest absolute Gasteiger partial charge is 0.247 e. The summed E-state index contributed by atoms with van der Waals surface area (Å²) in [7, 11) is 0. The van der Waals surface area contributed by atoms with E-state index in [1.165, 1.54) is 6.42 Å². The first-order chi connectivity index (χ1) is 14.6. The number of hydrogen-bond donors (Lipinski definition) is 1. The number of alkyl halides is 1. The van der Waals surface area contributed by atoms with Crippen LogP contribution in [-0.2, 0) is 16.0 Å². The van der Waals surface area contributed by atoms with Gasteiger partial charge in [0, 0.05) is 12.6 Å². The predicted molar refractivity (Wildman–Crippen MR) is 122 cm³/mol. The third kappa shape index (κ3) is 6.09. The van der Waals surface area contributed by atoms with Crippen LogP contribution in [0, 0.1) is 6.92 Å². The number of benzene rings is 2. The fraction of sp³-hybridized carbons (Fsp3) is 0.440. The highest BCUT2D eigenvalue weighted by atomic mass is 35.5. The Morgan fingerprint density at radius 2 is 1.70 bits per heavy atom. The highest BCUT2D eigenvalue weighted by Gasteiger charge is 2.32. The van der Waals surface area contributed by atoms with Gasteiger partial charge in [-0.15, -0.1) is 11.6 Å². The van der Waals surface area contributed by atoms with Crippen LogP contribution in [0.25, 0.3) is 0 Å². The lowest BCUT2D eigenvalue weighted by Gasteiger charge is -2.33. The molecule has 2 aromatic rings. The fourth-order valence-electron chi connectivity index (χ4n) is 4.12. The van der Waals surface area contributed by atoms with Crippen LogP contribution in [0.1, 0.15) is 54.8 Å². The van der Waals surface area contributed by atoms with Crippen molar-refractivity contribution in [3.05, 3.63) is 71.3 Å². The number of nitrogens with zero attached hydrogens (tertiary/aromatic N) is 1. The van der Waals surface area contributed by atoms with Crippen molar-refractivity contribution in [2.45, 2.75) is 57.5 Å². The summed E-state index contributed by atoms with van der Waals surface area (Å²) in [4.78, 5) is 27.9. The van der Waals surface area contributed by atoms with Gasteiger partial charge in [-0.05, 0) is 37.3 Å².